The van der Waals surface area contributed by atoms with Gasteiger partial charge in [-0.05, 0) is 42.2 Å². The number of nitrogens with one attached hydrogen (secondary N) is 1. The molecular weight excluding hydrogens is 402 g/mol. The highest BCUT2D eigenvalue weighted by Gasteiger charge is 2.35. The fourth-order valence-corrected chi connectivity index (χ4v) is 5.73. The highest BCUT2D eigenvalue weighted by molar-refractivity contribution is 7.89. The minimum absolute atomic E-state index is 0.115. The third-order valence-electron chi connectivity index (χ3n) is 5.84. The summed E-state index contributed by atoms with van der Waals surface area (Å²) in [5.41, 5.74) is 2.30. The Hall–Kier alpha value is -2.71. The largest absolute Gasteiger partial charge is 0.357 e. The van der Waals surface area contributed by atoms with Gasteiger partial charge in [-0.2, -0.15) is 4.31 Å². The second kappa shape index (κ2) is 8.20. The molecule has 2 aromatic carbocycles. The molecule has 30 heavy (non-hydrogen) atoms. The van der Waals surface area contributed by atoms with E-state index in [2.05, 4.69) is 5.32 Å². The summed E-state index contributed by atoms with van der Waals surface area (Å²) in [7, 11) is -2.07. The van der Waals surface area contributed by atoms with Crippen LogP contribution in [0.4, 0.5) is 0 Å². The van der Waals surface area contributed by atoms with Gasteiger partial charge >= 0.3 is 0 Å². The number of hydrogen-bond donors (Lipinski definition) is 1. The van der Waals surface area contributed by atoms with Crippen LogP contribution in [-0.2, 0) is 27.8 Å². The van der Waals surface area contributed by atoms with Crippen molar-refractivity contribution in [3.63, 3.8) is 0 Å². The maximum atomic E-state index is 13.4. The molecule has 0 spiro atoms. The van der Waals surface area contributed by atoms with Crippen molar-refractivity contribution in [3.8, 4) is 0 Å². The number of carbonyl (C=O) groups is 2. The molecule has 2 aliphatic heterocycles. The quantitative estimate of drug-likeness (QED) is 0.806. The molecule has 8 heteroatoms. The lowest BCUT2D eigenvalue weighted by Gasteiger charge is -2.36. The lowest BCUT2D eigenvalue weighted by atomic mass is 9.93. The maximum Gasteiger partial charge on any atom is 0.254 e. The molecule has 0 saturated carbocycles. The van der Waals surface area contributed by atoms with Gasteiger partial charge in [-0.25, -0.2) is 8.42 Å². The van der Waals surface area contributed by atoms with E-state index in [1.807, 2.05) is 24.3 Å². The molecule has 2 aromatic rings. The van der Waals surface area contributed by atoms with Crippen LogP contribution in [0.1, 0.15) is 34.3 Å². The van der Waals surface area contributed by atoms with E-state index in [0.717, 1.165) is 24.0 Å². The van der Waals surface area contributed by atoms with Crippen LogP contribution in [0, 0.1) is 0 Å². The molecule has 2 aliphatic rings. The van der Waals surface area contributed by atoms with Crippen molar-refractivity contribution in [2.24, 2.45) is 0 Å². The van der Waals surface area contributed by atoms with E-state index in [1.54, 1.807) is 19.2 Å². The highest BCUT2D eigenvalue weighted by Crippen LogP contribution is 2.27. The summed E-state index contributed by atoms with van der Waals surface area (Å²) in [5.74, 6) is -0.588. The Morgan fingerprint density at radius 1 is 1.00 bits per heavy atom. The van der Waals surface area contributed by atoms with Gasteiger partial charge in [0.2, 0.25) is 15.9 Å². The van der Waals surface area contributed by atoms with Gasteiger partial charge in [0.25, 0.3) is 5.91 Å². The molecular formula is C22H25N3O4S. The average Bonchev–Trinajstić information content (AvgIpc) is 3.33. The van der Waals surface area contributed by atoms with E-state index < -0.39 is 16.1 Å². The fraction of sp³-hybridized carbons (Fsp3) is 0.364. The summed E-state index contributed by atoms with van der Waals surface area (Å²) in [6.45, 7) is 1.31. The van der Waals surface area contributed by atoms with Gasteiger partial charge in [0.1, 0.15) is 6.04 Å². The van der Waals surface area contributed by atoms with Crippen LogP contribution in [0.3, 0.4) is 0 Å². The standard InChI is InChI=1S/C22H25N3O4S/c1-23-21(26)20-14-16-7-2-3-8-18(16)15-25(20)22(27)17-9-6-10-19(13-17)30(28,29)24-11-4-5-12-24/h2-3,6-10,13,20H,4-5,11-12,14-15H2,1H3,(H,23,26)/t20-/m1/s1. The van der Waals surface area contributed by atoms with Gasteiger partial charge < -0.3 is 10.2 Å². The van der Waals surface area contributed by atoms with Crippen LogP contribution in [-0.4, -0.2) is 55.6 Å². The van der Waals surface area contributed by atoms with Crippen LogP contribution < -0.4 is 5.32 Å². The Bertz CT molecular complexity index is 1080. The maximum absolute atomic E-state index is 13.4. The van der Waals surface area contributed by atoms with E-state index in [1.165, 1.54) is 21.3 Å². The zero-order valence-corrected chi connectivity index (χ0v) is 17.7. The summed E-state index contributed by atoms with van der Waals surface area (Å²) < 4.78 is 27.3. The monoisotopic (exact) mass is 427 g/mol. The molecule has 2 heterocycles. The van der Waals surface area contributed by atoms with Crippen molar-refractivity contribution in [1.82, 2.24) is 14.5 Å². The second-order valence-electron chi connectivity index (χ2n) is 7.67. The molecule has 158 valence electrons. The minimum Gasteiger partial charge on any atom is -0.357 e. The summed E-state index contributed by atoms with van der Waals surface area (Å²) in [5, 5.41) is 2.64. The highest BCUT2D eigenvalue weighted by atomic mass is 32.2. The van der Waals surface area contributed by atoms with E-state index in [0.29, 0.717) is 26.1 Å². The van der Waals surface area contributed by atoms with Gasteiger partial charge in [-0.1, -0.05) is 30.3 Å². The Balaban J connectivity index is 1.67. The zero-order valence-electron chi connectivity index (χ0n) is 16.9. The summed E-state index contributed by atoms with van der Waals surface area (Å²) in [6, 6.07) is 13.2. The first kappa shape index (κ1) is 20.6. The molecule has 0 unspecified atom stereocenters. The number of likely N-dealkylation sites (N-methyl/N-ethyl adjacent to an activating group) is 1. The molecule has 1 N–H and O–H groups in total. The fourth-order valence-electron chi connectivity index (χ4n) is 4.17. The average molecular weight is 428 g/mol. The Morgan fingerprint density at radius 3 is 2.40 bits per heavy atom. The lowest BCUT2D eigenvalue weighted by molar-refractivity contribution is -0.125. The number of amides is 2. The predicted molar refractivity (Wildman–Crippen MR) is 112 cm³/mol. The smallest absolute Gasteiger partial charge is 0.254 e. The summed E-state index contributed by atoms with van der Waals surface area (Å²) in [6.07, 6.45) is 2.12. The molecule has 1 atom stereocenters. The number of sulfonamides is 1. The first-order valence-electron chi connectivity index (χ1n) is 10.1. The third-order valence-corrected chi connectivity index (χ3v) is 7.74. The molecule has 4 rings (SSSR count). The zero-order chi connectivity index (χ0) is 21.3. The Labute approximate surface area is 176 Å². The van der Waals surface area contributed by atoms with E-state index in [4.69, 9.17) is 0 Å². The SMILES string of the molecule is CNC(=O)[C@H]1Cc2ccccc2CN1C(=O)c1cccc(S(=O)(=O)N2CCCC2)c1. The van der Waals surface area contributed by atoms with Gasteiger partial charge in [-0.15, -0.1) is 0 Å². The number of fused-ring (bicyclic) bond motifs is 1. The second-order valence-corrected chi connectivity index (χ2v) is 9.61. The normalized spacial score (nSPS) is 19.4. The first-order valence-corrected chi connectivity index (χ1v) is 11.6. The van der Waals surface area contributed by atoms with Crippen LogP contribution in [0.25, 0.3) is 0 Å². The molecule has 0 radical (unpaired) electrons. The van der Waals surface area contributed by atoms with Crippen LogP contribution in [0.2, 0.25) is 0 Å². The summed E-state index contributed by atoms with van der Waals surface area (Å²) >= 11 is 0. The minimum atomic E-state index is -3.63. The molecule has 0 aliphatic carbocycles. The van der Waals surface area contributed by atoms with Crippen molar-refractivity contribution in [1.29, 1.82) is 0 Å². The molecule has 0 bridgehead atoms. The molecule has 7 nitrogen and oxygen atoms in total. The first-order chi connectivity index (χ1) is 14.4. The van der Waals surface area contributed by atoms with E-state index in [9.17, 15) is 18.0 Å². The van der Waals surface area contributed by atoms with Crippen LogP contribution in [0.15, 0.2) is 53.4 Å². The van der Waals surface area contributed by atoms with Crippen LogP contribution >= 0.6 is 0 Å². The summed E-state index contributed by atoms with van der Waals surface area (Å²) in [4.78, 5) is 27.5. The lowest BCUT2D eigenvalue weighted by Crippen LogP contribution is -2.51. The van der Waals surface area contributed by atoms with Gasteiger partial charge in [0.05, 0.1) is 4.90 Å². The Morgan fingerprint density at radius 2 is 1.70 bits per heavy atom. The predicted octanol–water partition coefficient (Wildman–Crippen LogP) is 1.78. The molecule has 1 fully saturated rings. The number of carbonyl (C=O) groups excluding carboxylic acids is 2. The molecule has 2 amide bonds. The Kier molecular flexibility index (Phi) is 5.62. The van der Waals surface area contributed by atoms with Gasteiger partial charge in [0.15, 0.2) is 0 Å². The number of hydrogen-bond acceptors (Lipinski definition) is 4. The molecule has 0 aromatic heterocycles. The van der Waals surface area contributed by atoms with Gasteiger partial charge in [-0.3, -0.25) is 9.59 Å². The van der Waals surface area contributed by atoms with Crippen molar-refractivity contribution in [2.45, 2.75) is 36.7 Å². The van der Waals surface area contributed by atoms with Crippen molar-refractivity contribution in [3.05, 3.63) is 65.2 Å². The number of nitrogens with zero attached hydrogens (tertiary/aromatic N) is 2. The van der Waals surface area contributed by atoms with Crippen molar-refractivity contribution < 1.29 is 18.0 Å². The number of rotatable bonds is 4. The number of benzene rings is 2. The third kappa shape index (κ3) is 3.73. The molecule has 1 saturated heterocycles. The van der Waals surface area contributed by atoms with E-state index >= 15 is 0 Å². The van der Waals surface area contributed by atoms with Crippen LogP contribution in [0.5, 0.6) is 0 Å². The van der Waals surface area contributed by atoms with Crippen molar-refractivity contribution >= 4 is 21.8 Å². The van der Waals surface area contributed by atoms with E-state index in [-0.39, 0.29) is 22.3 Å². The topological polar surface area (TPSA) is 86.8 Å². The van der Waals surface area contributed by atoms with Crippen molar-refractivity contribution in [2.75, 3.05) is 20.1 Å². The van der Waals surface area contributed by atoms with Gasteiger partial charge in [0, 0.05) is 38.7 Å².